The second kappa shape index (κ2) is 5.66. The van der Waals surface area contributed by atoms with Gasteiger partial charge in [-0.1, -0.05) is 24.3 Å². The first-order valence-corrected chi connectivity index (χ1v) is 5.66. The zero-order valence-corrected chi connectivity index (χ0v) is 9.97. The van der Waals surface area contributed by atoms with E-state index in [2.05, 4.69) is 24.1 Å². The lowest BCUT2D eigenvalue weighted by atomic mass is 10.1. The standard InChI is InChI=1S/C14H17NO2/c1-15(9-14-6-7-17-11-14)8-12-2-4-13(10-16)5-3-12/h2-7,11,16H,8-10H2,1H3. The summed E-state index contributed by atoms with van der Waals surface area (Å²) in [5.41, 5.74) is 3.37. The number of hydrogen-bond acceptors (Lipinski definition) is 3. The van der Waals surface area contributed by atoms with Crippen LogP contribution in [0.4, 0.5) is 0 Å². The number of aliphatic hydroxyl groups excluding tert-OH is 1. The fourth-order valence-corrected chi connectivity index (χ4v) is 1.81. The van der Waals surface area contributed by atoms with Gasteiger partial charge in [0.05, 0.1) is 19.1 Å². The summed E-state index contributed by atoms with van der Waals surface area (Å²) in [6.45, 7) is 1.86. The Bertz CT molecular complexity index is 434. The molecule has 1 heterocycles. The van der Waals surface area contributed by atoms with E-state index in [0.29, 0.717) is 0 Å². The maximum atomic E-state index is 8.96. The van der Waals surface area contributed by atoms with E-state index in [1.807, 2.05) is 18.2 Å². The topological polar surface area (TPSA) is 36.6 Å². The molecular formula is C14H17NO2. The number of aliphatic hydroxyl groups is 1. The van der Waals surface area contributed by atoms with Gasteiger partial charge in [-0.25, -0.2) is 0 Å². The number of rotatable bonds is 5. The molecular weight excluding hydrogens is 214 g/mol. The molecule has 2 aromatic rings. The lowest BCUT2D eigenvalue weighted by molar-refractivity contribution is 0.281. The molecule has 0 atom stereocenters. The fourth-order valence-electron chi connectivity index (χ4n) is 1.81. The van der Waals surface area contributed by atoms with Crippen molar-refractivity contribution in [2.24, 2.45) is 0 Å². The van der Waals surface area contributed by atoms with Crippen molar-refractivity contribution < 1.29 is 9.52 Å². The first-order valence-electron chi connectivity index (χ1n) is 5.66. The van der Waals surface area contributed by atoms with Gasteiger partial charge < -0.3 is 9.52 Å². The second-order valence-electron chi connectivity index (χ2n) is 4.28. The number of furan rings is 1. The van der Waals surface area contributed by atoms with Crippen LogP contribution in [0.2, 0.25) is 0 Å². The van der Waals surface area contributed by atoms with Crippen LogP contribution in [-0.2, 0) is 19.7 Å². The van der Waals surface area contributed by atoms with Gasteiger partial charge in [-0.05, 0) is 24.2 Å². The molecule has 0 aliphatic heterocycles. The quantitative estimate of drug-likeness (QED) is 0.858. The number of nitrogens with zero attached hydrogens (tertiary/aromatic N) is 1. The third-order valence-corrected chi connectivity index (χ3v) is 2.69. The minimum Gasteiger partial charge on any atom is -0.472 e. The van der Waals surface area contributed by atoms with Gasteiger partial charge in [-0.15, -0.1) is 0 Å². The van der Waals surface area contributed by atoms with Crippen molar-refractivity contribution in [1.29, 1.82) is 0 Å². The highest BCUT2D eigenvalue weighted by Crippen LogP contribution is 2.10. The van der Waals surface area contributed by atoms with E-state index in [1.165, 1.54) is 11.1 Å². The van der Waals surface area contributed by atoms with Crippen LogP contribution in [0.3, 0.4) is 0 Å². The zero-order valence-electron chi connectivity index (χ0n) is 9.97. The van der Waals surface area contributed by atoms with Gasteiger partial charge in [-0.3, -0.25) is 4.90 Å². The molecule has 0 amide bonds. The molecule has 1 aromatic carbocycles. The van der Waals surface area contributed by atoms with Gasteiger partial charge in [0.25, 0.3) is 0 Å². The smallest absolute Gasteiger partial charge is 0.0947 e. The van der Waals surface area contributed by atoms with Crippen molar-refractivity contribution in [3.05, 3.63) is 59.5 Å². The van der Waals surface area contributed by atoms with E-state index in [1.54, 1.807) is 12.5 Å². The van der Waals surface area contributed by atoms with Crippen LogP contribution in [0.25, 0.3) is 0 Å². The number of benzene rings is 1. The van der Waals surface area contributed by atoms with Crippen LogP contribution < -0.4 is 0 Å². The first kappa shape index (κ1) is 11.9. The van der Waals surface area contributed by atoms with E-state index in [-0.39, 0.29) is 6.61 Å². The molecule has 0 bridgehead atoms. The Morgan fingerprint density at radius 2 is 1.65 bits per heavy atom. The van der Waals surface area contributed by atoms with Crippen LogP contribution in [0.5, 0.6) is 0 Å². The summed E-state index contributed by atoms with van der Waals surface area (Å²) in [4.78, 5) is 2.22. The van der Waals surface area contributed by atoms with Gasteiger partial charge in [0.15, 0.2) is 0 Å². The number of hydrogen-bond donors (Lipinski definition) is 1. The molecule has 90 valence electrons. The Kier molecular flexibility index (Phi) is 3.96. The molecule has 17 heavy (non-hydrogen) atoms. The first-order chi connectivity index (χ1) is 8.28. The van der Waals surface area contributed by atoms with E-state index < -0.39 is 0 Å². The van der Waals surface area contributed by atoms with Gasteiger partial charge >= 0.3 is 0 Å². The Morgan fingerprint density at radius 1 is 1.00 bits per heavy atom. The third-order valence-electron chi connectivity index (χ3n) is 2.69. The highest BCUT2D eigenvalue weighted by molar-refractivity contribution is 5.22. The molecule has 0 saturated carbocycles. The van der Waals surface area contributed by atoms with Crippen molar-refractivity contribution in [2.45, 2.75) is 19.7 Å². The SMILES string of the molecule is CN(Cc1ccc(CO)cc1)Cc1ccoc1. The normalized spacial score (nSPS) is 11.0. The maximum absolute atomic E-state index is 8.96. The molecule has 0 unspecified atom stereocenters. The molecule has 0 saturated heterocycles. The minimum atomic E-state index is 0.102. The Balaban J connectivity index is 1.91. The van der Waals surface area contributed by atoms with Crippen LogP contribution in [0.1, 0.15) is 16.7 Å². The van der Waals surface area contributed by atoms with Gasteiger partial charge in [0.1, 0.15) is 0 Å². The van der Waals surface area contributed by atoms with Crippen molar-refractivity contribution in [1.82, 2.24) is 4.90 Å². The summed E-state index contributed by atoms with van der Waals surface area (Å²) < 4.78 is 5.04. The van der Waals surface area contributed by atoms with Crippen molar-refractivity contribution >= 4 is 0 Å². The van der Waals surface area contributed by atoms with E-state index in [4.69, 9.17) is 9.52 Å². The molecule has 3 heteroatoms. The Labute approximate surface area is 101 Å². The molecule has 0 aliphatic carbocycles. The van der Waals surface area contributed by atoms with Crippen molar-refractivity contribution in [2.75, 3.05) is 7.05 Å². The highest BCUT2D eigenvalue weighted by Gasteiger charge is 2.02. The lowest BCUT2D eigenvalue weighted by Crippen LogP contribution is -2.16. The average molecular weight is 231 g/mol. The second-order valence-corrected chi connectivity index (χ2v) is 4.28. The van der Waals surface area contributed by atoms with Crippen molar-refractivity contribution in [3.63, 3.8) is 0 Å². The predicted octanol–water partition coefficient (Wildman–Crippen LogP) is 2.40. The van der Waals surface area contributed by atoms with E-state index >= 15 is 0 Å². The zero-order chi connectivity index (χ0) is 12.1. The van der Waals surface area contributed by atoms with Crippen LogP contribution in [0.15, 0.2) is 47.3 Å². The van der Waals surface area contributed by atoms with Gasteiger partial charge in [-0.2, -0.15) is 0 Å². The molecule has 0 radical (unpaired) electrons. The molecule has 0 fully saturated rings. The van der Waals surface area contributed by atoms with E-state index in [9.17, 15) is 0 Å². The van der Waals surface area contributed by atoms with E-state index in [0.717, 1.165) is 18.7 Å². The molecule has 3 nitrogen and oxygen atoms in total. The van der Waals surface area contributed by atoms with Crippen LogP contribution >= 0.6 is 0 Å². The molecule has 1 aromatic heterocycles. The third kappa shape index (κ3) is 3.44. The monoisotopic (exact) mass is 231 g/mol. The molecule has 0 spiro atoms. The van der Waals surface area contributed by atoms with Crippen LogP contribution in [0, 0.1) is 0 Å². The fraction of sp³-hybridized carbons (Fsp3) is 0.286. The molecule has 1 N–H and O–H groups in total. The Morgan fingerprint density at radius 3 is 2.24 bits per heavy atom. The van der Waals surface area contributed by atoms with Crippen molar-refractivity contribution in [3.8, 4) is 0 Å². The predicted molar refractivity (Wildman–Crippen MR) is 66.2 cm³/mol. The molecule has 2 rings (SSSR count). The molecule has 0 aliphatic rings. The largest absolute Gasteiger partial charge is 0.472 e. The van der Waals surface area contributed by atoms with Crippen LogP contribution in [-0.4, -0.2) is 17.1 Å². The van der Waals surface area contributed by atoms with Gasteiger partial charge in [0, 0.05) is 18.7 Å². The lowest BCUT2D eigenvalue weighted by Gasteiger charge is -2.15. The summed E-state index contributed by atoms with van der Waals surface area (Å²) in [6, 6.07) is 10.0. The summed E-state index contributed by atoms with van der Waals surface area (Å²) in [7, 11) is 2.08. The highest BCUT2D eigenvalue weighted by atomic mass is 16.3. The summed E-state index contributed by atoms with van der Waals surface area (Å²) in [5, 5.41) is 8.96. The minimum absolute atomic E-state index is 0.102. The maximum Gasteiger partial charge on any atom is 0.0947 e. The summed E-state index contributed by atoms with van der Waals surface area (Å²) in [5.74, 6) is 0. The Hall–Kier alpha value is -1.58. The summed E-state index contributed by atoms with van der Waals surface area (Å²) >= 11 is 0. The van der Waals surface area contributed by atoms with Gasteiger partial charge in [0.2, 0.25) is 0 Å². The average Bonchev–Trinajstić information content (AvgIpc) is 2.82. The summed E-state index contributed by atoms with van der Waals surface area (Å²) in [6.07, 6.45) is 3.46.